The van der Waals surface area contributed by atoms with Gasteiger partial charge in [0.15, 0.2) is 0 Å². The summed E-state index contributed by atoms with van der Waals surface area (Å²) in [6.45, 7) is 3.05. The molecule has 0 saturated carbocycles. The van der Waals surface area contributed by atoms with E-state index < -0.39 is 5.97 Å². The monoisotopic (exact) mass is 247 g/mol. The molecule has 0 radical (unpaired) electrons. The Labute approximate surface area is 108 Å². The van der Waals surface area contributed by atoms with Gasteiger partial charge in [-0.05, 0) is 44.7 Å². The molecule has 98 valence electrons. The van der Waals surface area contributed by atoms with E-state index in [0.29, 0.717) is 12.5 Å². The van der Waals surface area contributed by atoms with Gasteiger partial charge in [-0.2, -0.15) is 0 Å². The first kappa shape index (κ1) is 13.1. The molecule has 3 nitrogen and oxygen atoms in total. The molecule has 1 fully saturated rings. The standard InChI is InChI=1S/C15H21NO2/c1-12-6-5-11-16(12)14(15(17)18)10-9-13-7-3-2-4-8-13/h2-4,7-8,12,14H,5-6,9-11H2,1H3,(H,17,18). The molecule has 18 heavy (non-hydrogen) atoms. The van der Waals surface area contributed by atoms with Crippen molar-refractivity contribution in [2.45, 2.75) is 44.7 Å². The smallest absolute Gasteiger partial charge is 0.320 e. The summed E-state index contributed by atoms with van der Waals surface area (Å²) in [5.74, 6) is -0.681. The van der Waals surface area contributed by atoms with Crippen molar-refractivity contribution in [2.24, 2.45) is 0 Å². The number of carbonyl (C=O) groups is 1. The lowest BCUT2D eigenvalue weighted by molar-refractivity contribution is -0.143. The zero-order chi connectivity index (χ0) is 13.0. The van der Waals surface area contributed by atoms with E-state index in [4.69, 9.17) is 0 Å². The predicted molar refractivity (Wildman–Crippen MR) is 71.6 cm³/mol. The van der Waals surface area contributed by atoms with E-state index in [2.05, 4.69) is 24.0 Å². The molecule has 2 atom stereocenters. The summed E-state index contributed by atoms with van der Waals surface area (Å²) < 4.78 is 0. The Morgan fingerprint density at radius 3 is 2.72 bits per heavy atom. The summed E-state index contributed by atoms with van der Waals surface area (Å²) in [6.07, 6.45) is 3.77. The molecule has 1 aromatic rings. The molecule has 2 unspecified atom stereocenters. The predicted octanol–water partition coefficient (Wildman–Crippen LogP) is 2.56. The number of hydrogen-bond acceptors (Lipinski definition) is 2. The van der Waals surface area contributed by atoms with Gasteiger partial charge in [-0.15, -0.1) is 0 Å². The highest BCUT2D eigenvalue weighted by atomic mass is 16.4. The Morgan fingerprint density at radius 2 is 2.17 bits per heavy atom. The van der Waals surface area contributed by atoms with Crippen LogP contribution in [-0.4, -0.2) is 34.6 Å². The maximum atomic E-state index is 11.4. The van der Waals surface area contributed by atoms with Crippen LogP contribution in [0.2, 0.25) is 0 Å². The van der Waals surface area contributed by atoms with Crippen LogP contribution >= 0.6 is 0 Å². The Morgan fingerprint density at radius 1 is 1.44 bits per heavy atom. The Balaban J connectivity index is 1.97. The van der Waals surface area contributed by atoms with Crippen molar-refractivity contribution in [1.82, 2.24) is 4.90 Å². The minimum atomic E-state index is -0.681. The maximum absolute atomic E-state index is 11.4. The molecule has 0 bridgehead atoms. The van der Waals surface area contributed by atoms with Crippen molar-refractivity contribution in [3.8, 4) is 0 Å². The molecule has 0 amide bonds. The minimum absolute atomic E-state index is 0.331. The van der Waals surface area contributed by atoms with E-state index in [9.17, 15) is 9.90 Å². The van der Waals surface area contributed by atoms with E-state index in [-0.39, 0.29) is 6.04 Å². The van der Waals surface area contributed by atoms with Gasteiger partial charge in [0.1, 0.15) is 6.04 Å². The second-order valence-electron chi connectivity index (χ2n) is 5.11. The molecule has 1 heterocycles. The Kier molecular flexibility index (Phi) is 4.37. The molecule has 3 heteroatoms. The summed E-state index contributed by atoms with van der Waals surface area (Å²) in [7, 11) is 0. The highest BCUT2D eigenvalue weighted by Gasteiger charge is 2.31. The highest BCUT2D eigenvalue weighted by Crippen LogP contribution is 2.22. The van der Waals surface area contributed by atoms with Gasteiger partial charge in [-0.1, -0.05) is 30.3 Å². The fourth-order valence-corrected chi connectivity index (χ4v) is 2.80. The number of benzene rings is 1. The van der Waals surface area contributed by atoms with Crippen LogP contribution in [0.3, 0.4) is 0 Å². The van der Waals surface area contributed by atoms with E-state index >= 15 is 0 Å². The Bertz CT molecular complexity index is 391. The molecule has 1 N–H and O–H groups in total. The van der Waals surface area contributed by atoms with Crippen LogP contribution in [0.1, 0.15) is 31.7 Å². The number of hydrogen-bond donors (Lipinski definition) is 1. The molecule has 2 rings (SSSR count). The van der Waals surface area contributed by atoms with Crippen LogP contribution in [0.15, 0.2) is 30.3 Å². The summed E-state index contributed by atoms with van der Waals surface area (Å²) >= 11 is 0. The number of carboxylic acid groups (broad SMARTS) is 1. The number of likely N-dealkylation sites (tertiary alicyclic amines) is 1. The van der Waals surface area contributed by atoms with Gasteiger partial charge in [-0.25, -0.2) is 0 Å². The first-order valence-electron chi connectivity index (χ1n) is 6.71. The molecule has 1 aromatic carbocycles. The molecule has 1 aliphatic heterocycles. The molecular weight excluding hydrogens is 226 g/mol. The largest absolute Gasteiger partial charge is 0.480 e. The topological polar surface area (TPSA) is 40.5 Å². The lowest BCUT2D eigenvalue weighted by Gasteiger charge is -2.28. The van der Waals surface area contributed by atoms with Gasteiger partial charge < -0.3 is 5.11 Å². The molecule has 0 spiro atoms. The fraction of sp³-hybridized carbons (Fsp3) is 0.533. The number of rotatable bonds is 5. The summed E-state index contributed by atoms with van der Waals surface area (Å²) in [5, 5.41) is 9.39. The second kappa shape index (κ2) is 6.01. The van der Waals surface area contributed by atoms with Crippen molar-refractivity contribution < 1.29 is 9.90 Å². The Hall–Kier alpha value is -1.35. The van der Waals surface area contributed by atoms with Gasteiger partial charge in [0.2, 0.25) is 0 Å². The van der Waals surface area contributed by atoms with Gasteiger partial charge >= 0.3 is 5.97 Å². The van der Waals surface area contributed by atoms with Gasteiger partial charge in [0, 0.05) is 6.04 Å². The normalized spacial score (nSPS) is 21.9. The van der Waals surface area contributed by atoms with Crippen LogP contribution < -0.4 is 0 Å². The molecule has 1 saturated heterocycles. The lowest BCUT2D eigenvalue weighted by atomic mass is 10.0. The molecule has 0 aliphatic carbocycles. The molecule has 0 aromatic heterocycles. The van der Waals surface area contributed by atoms with E-state index in [1.54, 1.807) is 0 Å². The third-order valence-corrected chi connectivity index (χ3v) is 3.84. The van der Waals surface area contributed by atoms with Crippen molar-refractivity contribution in [1.29, 1.82) is 0 Å². The van der Waals surface area contributed by atoms with Crippen LogP contribution in [0.25, 0.3) is 0 Å². The zero-order valence-electron chi connectivity index (χ0n) is 10.9. The second-order valence-corrected chi connectivity index (χ2v) is 5.11. The van der Waals surface area contributed by atoms with Crippen LogP contribution in [0.4, 0.5) is 0 Å². The van der Waals surface area contributed by atoms with E-state index in [1.165, 1.54) is 5.56 Å². The third kappa shape index (κ3) is 3.10. The third-order valence-electron chi connectivity index (χ3n) is 3.84. The average molecular weight is 247 g/mol. The van der Waals surface area contributed by atoms with Crippen LogP contribution in [0.5, 0.6) is 0 Å². The van der Waals surface area contributed by atoms with Gasteiger partial charge in [-0.3, -0.25) is 9.69 Å². The average Bonchev–Trinajstić information content (AvgIpc) is 2.77. The zero-order valence-corrected chi connectivity index (χ0v) is 10.9. The van der Waals surface area contributed by atoms with E-state index in [1.807, 2.05) is 18.2 Å². The number of nitrogens with zero attached hydrogens (tertiary/aromatic N) is 1. The first-order chi connectivity index (χ1) is 8.68. The first-order valence-corrected chi connectivity index (χ1v) is 6.71. The fourth-order valence-electron chi connectivity index (χ4n) is 2.80. The quantitative estimate of drug-likeness (QED) is 0.869. The molecular formula is C15H21NO2. The van der Waals surface area contributed by atoms with Crippen LogP contribution in [0, 0.1) is 0 Å². The van der Waals surface area contributed by atoms with Crippen LogP contribution in [-0.2, 0) is 11.2 Å². The summed E-state index contributed by atoms with van der Waals surface area (Å²) in [5.41, 5.74) is 1.22. The van der Waals surface area contributed by atoms with Crippen molar-refractivity contribution in [2.75, 3.05) is 6.54 Å². The van der Waals surface area contributed by atoms with E-state index in [0.717, 1.165) is 25.8 Å². The van der Waals surface area contributed by atoms with Crippen molar-refractivity contribution in [3.63, 3.8) is 0 Å². The SMILES string of the molecule is CC1CCCN1C(CCc1ccccc1)C(=O)O. The molecule has 1 aliphatic rings. The summed E-state index contributed by atoms with van der Waals surface area (Å²) in [4.78, 5) is 13.6. The highest BCUT2D eigenvalue weighted by molar-refractivity contribution is 5.73. The number of carboxylic acids is 1. The lowest BCUT2D eigenvalue weighted by Crippen LogP contribution is -2.43. The van der Waals surface area contributed by atoms with Gasteiger partial charge in [0.05, 0.1) is 0 Å². The van der Waals surface area contributed by atoms with Crippen molar-refractivity contribution in [3.05, 3.63) is 35.9 Å². The minimum Gasteiger partial charge on any atom is -0.480 e. The van der Waals surface area contributed by atoms with Gasteiger partial charge in [0.25, 0.3) is 0 Å². The number of aryl methyl sites for hydroxylation is 1. The summed E-state index contributed by atoms with van der Waals surface area (Å²) in [6, 6.07) is 10.2. The maximum Gasteiger partial charge on any atom is 0.320 e. The van der Waals surface area contributed by atoms with Crippen molar-refractivity contribution >= 4 is 5.97 Å². The number of aliphatic carboxylic acids is 1.